The fourth-order valence-corrected chi connectivity index (χ4v) is 6.52. The van der Waals surface area contributed by atoms with Crippen molar-refractivity contribution in [1.82, 2.24) is 19.8 Å². The molecule has 32 heavy (non-hydrogen) atoms. The van der Waals surface area contributed by atoms with Crippen LogP contribution in [0.25, 0.3) is 21.3 Å². The van der Waals surface area contributed by atoms with Crippen molar-refractivity contribution in [1.29, 1.82) is 0 Å². The Morgan fingerprint density at radius 2 is 2.09 bits per heavy atom. The average molecular weight is 477 g/mol. The minimum absolute atomic E-state index is 0.220. The molecular weight excluding hydrogens is 447 g/mol. The number of aryl methyl sites for hydroxylation is 1. The number of thiophene rings is 1. The molecule has 1 amide bonds. The zero-order valence-electron chi connectivity index (χ0n) is 19.0. The summed E-state index contributed by atoms with van der Waals surface area (Å²) in [6.45, 7) is 5.09. The maximum atomic E-state index is 12.9. The number of pyridine rings is 1. The molecule has 0 spiro atoms. The van der Waals surface area contributed by atoms with Gasteiger partial charge in [-0.05, 0) is 45.8 Å². The molecule has 8 nitrogen and oxygen atoms in total. The van der Waals surface area contributed by atoms with Crippen LogP contribution in [0.3, 0.4) is 0 Å². The van der Waals surface area contributed by atoms with Crippen LogP contribution < -0.4 is 20.2 Å². The Labute approximate surface area is 190 Å². The maximum absolute atomic E-state index is 12.9. The molecule has 2 N–H and O–H groups in total. The molecule has 1 fully saturated rings. The van der Waals surface area contributed by atoms with Gasteiger partial charge >= 0.3 is 0 Å². The van der Waals surface area contributed by atoms with Gasteiger partial charge in [0.25, 0.3) is 11.5 Å². The number of carbonyl (C=O) groups is 1. The van der Waals surface area contributed by atoms with E-state index in [0.29, 0.717) is 35.0 Å². The lowest BCUT2D eigenvalue weighted by Crippen LogP contribution is -2.30. The molecule has 10 heteroatoms. The van der Waals surface area contributed by atoms with Gasteiger partial charge in [-0.2, -0.15) is 0 Å². The van der Waals surface area contributed by atoms with E-state index in [4.69, 9.17) is 4.74 Å². The molecule has 1 atom stereocenters. The van der Waals surface area contributed by atoms with Gasteiger partial charge in [0.2, 0.25) is 0 Å². The number of aromatic nitrogens is 2. The minimum Gasteiger partial charge on any atom is -0.490 e. The highest BCUT2D eigenvalue weighted by molar-refractivity contribution is 7.75. The predicted octanol–water partition coefficient (Wildman–Crippen LogP) is 2.68. The van der Waals surface area contributed by atoms with Crippen molar-refractivity contribution in [2.24, 2.45) is 7.05 Å². The summed E-state index contributed by atoms with van der Waals surface area (Å²) in [5.41, 5.74) is 1.22. The van der Waals surface area contributed by atoms with Gasteiger partial charge in [0.15, 0.2) is 0 Å². The van der Waals surface area contributed by atoms with Gasteiger partial charge in [-0.1, -0.05) is 0 Å². The van der Waals surface area contributed by atoms with Crippen molar-refractivity contribution >= 4 is 39.9 Å². The molecule has 1 aliphatic heterocycles. The van der Waals surface area contributed by atoms with E-state index in [9.17, 15) is 14.2 Å². The number of rotatable bonds is 6. The van der Waals surface area contributed by atoms with Gasteiger partial charge in [0.1, 0.15) is 30.7 Å². The number of fused-ring (bicyclic) bond motifs is 1. The Hall–Kier alpha value is -2.35. The molecule has 0 bridgehead atoms. The summed E-state index contributed by atoms with van der Waals surface area (Å²) in [7, 11) is 2.81. The molecular formula is C22H29N4O4PS. The zero-order chi connectivity index (χ0) is 23.2. The zero-order valence-corrected chi connectivity index (χ0v) is 20.7. The number of likely N-dealkylation sites (N-methyl/N-ethyl adjacent to an activating group) is 1. The smallest absolute Gasteiger partial charge is 0.274 e. The van der Waals surface area contributed by atoms with Crippen molar-refractivity contribution in [3.63, 3.8) is 0 Å². The van der Waals surface area contributed by atoms with E-state index in [1.807, 2.05) is 6.07 Å². The third kappa shape index (κ3) is 4.17. The van der Waals surface area contributed by atoms with E-state index in [-0.39, 0.29) is 11.5 Å². The molecule has 1 saturated heterocycles. The molecule has 4 rings (SSSR count). The molecule has 1 unspecified atom stereocenters. The van der Waals surface area contributed by atoms with Crippen LogP contribution in [0, 0.1) is 0 Å². The SMILES string of the molecule is CNC(=O)c1cc2c(-c3sc(P(C)(C)=O)cc3OCC3CCCN3C)cn(C)c(=O)c2[nH]1. The Morgan fingerprint density at radius 1 is 1.34 bits per heavy atom. The van der Waals surface area contributed by atoms with E-state index in [0.717, 1.165) is 34.4 Å². The fraction of sp³-hybridized carbons (Fsp3) is 0.455. The first kappa shape index (κ1) is 22.8. The quantitative estimate of drug-likeness (QED) is 0.534. The van der Waals surface area contributed by atoms with Crippen LogP contribution in [-0.2, 0) is 11.6 Å². The summed E-state index contributed by atoms with van der Waals surface area (Å²) in [4.78, 5) is 31.0. The topological polar surface area (TPSA) is 96.4 Å². The highest BCUT2D eigenvalue weighted by atomic mass is 32.1. The van der Waals surface area contributed by atoms with Crippen LogP contribution in [0.15, 0.2) is 23.1 Å². The number of hydrogen-bond acceptors (Lipinski definition) is 6. The van der Waals surface area contributed by atoms with Crippen molar-refractivity contribution < 1.29 is 14.1 Å². The van der Waals surface area contributed by atoms with Crippen molar-refractivity contribution in [3.05, 3.63) is 34.4 Å². The molecule has 1 aliphatic rings. The third-order valence-corrected chi connectivity index (χ3v) is 9.74. The third-order valence-electron chi connectivity index (χ3n) is 6.00. The van der Waals surface area contributed by atoms with E-state index in [1.54, 1.807) is 39.7 Å². The van der Waals surface area contributed by atoms with Crippen LogP contribution in [0.5, 0.6) is 5.75 Å². The second kappa shape index (κ2) is 8.54. The summed E-state index contributed by atoms with van der Waals surface area (Å²) < 4.78 is 21.4. The number of hydrogen-bond donors (Lipinski definition) is 2. The van der Waals surface area contributed by atoms with Crippen molar-refractivity contribution in [3.8, 4) is 16.2 Å². The number of carbonyl (C=O) groups excluding carboxylic acids is 1. The molecule has 3 aromatic rings. The van der Waals surface area contributed by atoms with Crippen molar-refractivity contribution in [2.75, 3.05) is 40.6 Å². The Morgan fingerprint density at radius 3 is 2.72 bits per heavy atom. The van der Waals surface area contributed by atoms with Gasteiger partial charge in [-0.25, -0.2) is 0 Å². The largest absolute Gasteiger partial charge is 0.490 e. The molecule has 0 saturated carbocycles. The first-order valence-corrected chi connectivity index (χ1v) is 14.0. The predicted molar refractivity (Wildman–Crippen MR) is 130 cm³/mol. The van der Waals surface area contributed by atoms with E-state index < -0.39 is 7.14 Å². The summed E-state index contributed by atoms with van der Waals surface area (Å²) in [5.74, 6) is 0.366. The molecule has 0 aliphatic carbocycles. The molecule has 0 radical (unpaired) electrons. The number of H-pyrrole nitrogens is 1. The monoisotopic (exact) mass is 476 g/mol. The minimum atomic E-state index is -2.52. The van der Waals surface area contributed by atoms with Gasteiger partial charge in [0, 0.05) is 43.4 Å². The first-order chi connectivity index (χ1) is 15.1. The lowest BCUT2D eigenvalue weighted by Gasteiger charge is -2.20. The molecule has 4 heterocycles. The van der Waals surface area contributed by atoms with E-state index in [2.05, 4.69) is 22.2 Å². The summed E-state index contributed by atoms with van der Waals surface area (Å²) >= 11 is 1.42. The first-order valence-electron chi connectivity index (χ1n) is 10.6. The van der Waals surface area contributed by atoms with E-state index in [1.165, 1.54) is 15.9 Å². The Bertz CT molecular complexity index is 1290. The summed E-state index contributed by atoms with van der Waals surface area (Å²) in [6.07, 6.45) is 3.99. The van der Waals surface area contributed by atoms with E-state index >= 15 is 0 Å². The van der Waals surface area contributed by atoms with Crippen LogP contribution in [0.4, 0.5) is 0 Å². The standard InChI is InChI=1S/C22H29N4O4PS/c1-23-21(27)16-9-14-15(11-26(3)22(28)19(14)24-16)20-17(10-18(32-20)31(4,5)29)30-12-13-7-6-8-25(13)2/h9-11,13,24H,6-8,12H2,1-5H3,(H,23,27). The fourth-order valence-electron chi connectivity index (χ4n) is 4.07. The average Bonchev–Trinajstić information content (AvgIpc) is 3.46. The van der Waals surface area contributed by atoms with Crippen LogP contribution >= 0.6 is 18.5 Å². The molecule has 3 aromatic heterocycles. The number of amides is 1. The lowest BCUT2D eigenvalue weighted by atomic mass is 10.1. The Balaban J connectivity index is 1.86. The van der Waals surface area contributed by atoms with Gasteiger partial charge in [-0.15, -0.1) is 11.3 Å². The van der Waals surface area contributed by atoms with Gasteiger partial charge < -0.3 is 29.1 Å². The summed E-state index contributed by atoms with van der Waals surface area (Å²) in [5, 5.41) is 3.23. The number of aromatic amines is 1. The number of nitrogens with one attached hydrogen (secondary N) is 2. The summed E-state index contributed by atoms with van der Waals surface area (Å²) in [6, 6.07) is 3.91. The number of nitrogens with zero attached hydrogens (tertiary/aromatic N) is 2. The normalized spacial score (nSPS) is 17.2. The second-order valence-electron chi connectivity index (χ2n) is 8.73. The second-order valence-corrected chi connectivity index (χ2v) is 13.3. The molecule has 0 aromatic carbocycles. The number of likely N-dealkylation sites (tertiary alicyclic amines) is 1. The van der Waals surface area contributed by atoms with Crippen LogP contribution in [-0.4, -0.2) is 67.0 Å². The molecule has 172 valence electrons. The Kier molecular flexibility index (Phi) is 6.09. The highest BCUT2D eigenvalue weighted by Crippen LogP contribution is 2.46. The maximum Gasteiger partial charge on any atom is 0.274 e. The van der Waals surface area contributed by atoms with Gasteiger partial charge in [-0.3, -0.25) is 9.59 Å². The number of ether oxygens (including phenoxy) is 1. The van der Waals surface area contributed by atoms with Crippen LogP contribution in [0.2, 0.25) is 0 Å². The van der Waals surface area contributed by atoms with Gasteiger partial charge in [0.05, 0.1) is 9.50 Å². The van der Waals surface area contributed by atoms with Crippen LogP contribution in [0.1, 0.15) is 23.3 Å². The lowest BCUT2D eigenvalue weighted by molar-refractivity contribution is 0.0959. The van der Waals surface area contributed by atoms with Crippen molar-refractivity contribution in [2.45, 2.75) is 18.9 Å². The highest BCUT2D eigenvalue weighted by Gasteiger charge is 2.26.